The summed E-state index contributed by atoms with van der Waals surface area (Å²) in [6.07, 6.45) is 16.4. The lowest BCUT2D eigenvalue weighted by molar-refractivity contribution is -0.151. The average Bonchev–Trinajstić information content (AvgIpc) is 3.21. The minimum Gasteiger partial charge on any atom is -0.461 e. The monoisotopic (exact) mass is 477 g/mol. The third-order valence-corrected chi connectivity index (χ3v) is 9.68. The van der Waals surface area contributed by atoms with Crippen LogP contribution in [-0.4, -0.2) is 43.1 Å². The number of fused-ring (bicyclic) bond motifs is 5. The van der Waals surface area contributed by atoms with Gasteiger partial charge in [-0.2, -0.15) is 0 Å². The fourth-order valence-electron chi connectivity index (χ4n) is 7.89. The first-order chi connectivity index (χ1) is 16.8. The largest absolute Gasteiger partial charge is 0.461 e. The summed E-state index contributed by atoms with van der Waals surface area (Å²) >= 11 is 0. The molecule has 188 valence electrons. The Kier molecular flexibility index (Phi) is 6.60. The zero-order chi connectivity index (χ0) is 24.6. The molecular weight excluding hydrogens is 438 g/mol. The van der Waals surface area contributed by atoms with E-state index in [4.69, 9.17) is 4.74 Å². The Morgan fingerprint density at radius 1 is 1.09 bits per heavy atom. The molecular formula is C29H39N3O3. The van der Waals surface area contributed by atoms with Crippen molar-refractivity contribution in [1.29, 1.82) is 0 Å². The summed E-state index contributed by atoms with van der Waals surface area (Å²) in [6, 6.07) is 4.27. The predicted octanol–water partition coefficient (Wildman–Crippen LogP) is 4.29. The lowest BCUT2D eigenvalue weighted by Gasteiger charge is -2.57. The van der Waals surface area contributed by atoms with E-state index in [1.54, 1.807) is 7.05 Å². The first kappa shape index (κ1) is 24.2. The zero-order valence-corrected chi connectivity index (χ0v) is 21.3. The van der Waals surface area contributed by atoms with Crippen LogP contribution in [-0.2, 0) is 14.3 Å². The molecule has 4 aliphatic rings. The van der Waals surface area contributed by atoms with E-state index >= 15 is 0 Å². The van der Waals surface area contributed by atoms with Gasteiger partial charge in [0.15, 0.2) is 0 Å². The molecule has 0 bridgehead atoms. The van der Waals surface area contributed by atoms with E-state index in [1.807, 2.05) is 12.4 Å². The number of allylic oxidation sites excluding steroid dienone is 3. The third-order valence-electron chi connectivity index (χ3n) is 9.68. The summed E-state index contributed by atoms with van der Waals surface area (Å²) < 4.78 is 5.77. The van der Waals surface area contributed by atoms with Crippen molar-refractivity contribution >= 4 is 17.4 Å². The molecule has 4 aliphatic carbocycles. The summed E-state index contributed by atoms with van der Waals surface area (Å²) in [5.74, 6) is 1.54. The minimum atomic E-state index is -0.342. The maximum absolute atomic E-state index is 12.3. The molecule has 1 amide bonds. The molecule has 6 nitrogen and oxygen atoms in total. The van der Waals surface area contributed by atoms with Crippen LogP contribution >= 0.6 is 0 Å². The molecule has 2 N–H and O–H groups in total. The normalized spacial score (nSPS) is 35.6. The van der Waals surface area contributed by atoms with Gasteiger partial charge < -0.3 is 15.4 Å². The lowest BCUT2D eigenvalue weighted by Crippen LogP contribution is -2.50. The van der Waals surface area contributed by atoms with Gasteiger partial charge in [-0.15, -0.1) is 0 Å². The Bertz CT molecular complexity index is 1030. The fraction of sp³-hybridized carbons (Fsp3) is 0.621. The molecule has 6 atom stereocenters. The van der Waals surface area contributed by atoms with Gasteiger partial charge in [-0.1, -0.05) is 37.6 Å². The first-order valence-corrected chi connectivity index (χ1v) is 13.3. The molecule has 1 heterocycles. The second-order valence-corrected chi connectivity index (χ2v) is 11.5. The summed E-state index contributed by atoms with van der Waals surface area (Å²) in [5, 5.41) is 5.39. The van der Waals surface area contributed by atoms with E-state index in [-0.39, 0.29) is 41.9 Å². The van der Waals surface area contributed by atoms with Crippen LogP contribution < -0.4 is 10.6 Å². The van der Waals surface area contributed by atoms with Gasteiger partial charge in [0.25, 0.3) is 0 Å². The second kappa shape index (κ2) is 9.53. The van der Waals surface area contributed by atoms with Crippen LogP contribution in [0.4, 0.5) is 0 Å². The van der Waals surface area contributed by atoms with Gasteiger partial charge in [-0.25, -0.2) is 0 Å². The van der Waals surface area contributed by atoms with Crippen molar-refractivity contribution in [2.45, 2.75) is 64.9 Å². The molecule has 2 saturated carbocycles. The maximum Gasteiger partial charge on any atom is 0.325 e. The number of amides is 1. The van der Waals surface area contributed by atoms with Crippen LogP contribution in [0.15, 0.2) is 42.3 Å². The van der Waals surface area contributed by atoms with Crippen LogP contribution in [0.25, 0.3) is 5.57 Å². The second-order valence-electron chi connectivity index (χ2n) is 11.5. The topological polar surface area (TPSA) is 80.3 Å². The highest BCUT2D eigenvalue weighted by Crippen LogP contribution is 2.66. The summed E-state index contributed by atoms with van der Waals surface area (Å²) in [6.45, 7) is 5.10. The van der Waals surface area contributed by atoms with Crippen LogP contribution in [0, 0.1) is 28.6 Å². The zero-order valence-electron chi connectivity index (χ0n) is 21.3. The Balaban J connectivity index is 1.25. The number of aromatic nitrogens is 1. The van der Waals surface area contributed by atoms with Crippen molar-refractivity contribution in [2.75, 3.05) is 20.1 Å². The SMILES string of the molecule is CNCC(=O)NCC(=O)O[C@H]1CC[C@@]2(C)C(=CC[C@@H]3[C@@H]2CC[C@]2(C)C(c4cccnc4)=CC[C@@H]32)C1. The van der Waals surface area contributed by atoms with Gasteiger partial charge in [-0.3, -0.25) is 14.6 Å². The number of nitrogens with zero attached hydrogens (tertiary/aromatic N) is 1. The molecule has 0 spiro atoms. The number of pyridine rings is 1. The van der Waals surface area contributed by atoms with E-state index in [0.29, 0.717) is 17.8 Å². The number of hydrogen-bond acceptors (Lipinski definition) is 5. The highest BCUT2D eigenvalue weighted by atomic mass is 16.5. The van der Waals surface area contributed by atoms with Gasteiger partial charge >= 0.3 is 5.97 Å². The smallest absolute Gasteiger partial charge is 0.325 e. The number of esters is 1. The van der Waals surface area contributed by atoms with Crippen molar-refractivity contribution in [3.05, 3.63) is 47.8 Å². The Morgan fingerprint density at radius 2 is 1.91 bits per heavy atom. The minimum absolute atomic E-state index is 0.0649. The van der Waals surface area contributed by atoms with Crippen molar-refractivity contribution < 1.29 is 14.3 Å². The number of likely N-dealkylation sites (N-methyl/N-ethyl adjacent to an activating group) is 1. The van der Waals surface area contributed by atoms with E-state index in [1.165, 1.54) is 36.0 Å². The predicted molar refractivity (Wildman–Crippen MR) is 136 cm³/mol. The third kappa shape index (κ3) is 4.35. The number of hydrogen-bond donors (Lipinski definition) is 2. The Labute approximate surface area is 209 Å². The quantitative estimate of drug-likeness (QED) is 0.472. The first-order valence-electron chi connectivity index (χ1n) is 13.3. The van der Waals surface area contributed by atoms with Gasteiger partial charge in [0.05, 0.1) is 6.54 Å². The summed E-state index contributed by atoms with van der Waals surface area (Å²) in [7, 11) is 1.70. The highest BCUT2D eigenvalue weighted by Gasteiger charge is 2.57. The fourth-order valence-corrected chi connectivity index (χ4v) is 7.89. The van der Waals surface area contributed by atoms with Crippen LogP contribution in [0.3, 0.4) is 0 Å². The molecule has 6 heteroatoms. The van der Waals surface area contributed by atoms with Crippen molar-refractivity contribution in [1.82, 2.24) is 15.6 Å². The number of nitrogens with one attached hydrogen (secondary N) is 2. The van der Waals surface area contributed by atoms with E-state index in [0.717, 1.165) is 25.7 Å². The van der Waals surface area contributed by atoms with E-state index in [2.05, 4.69) is 53.7 Å². The summed E-state index contributed by atoms with van der Waals surface area (Å²) in [4.78, 5) is 28.3. The van der Waals surface area contributed by atoms with Crippen molar-refractivity contribution in [3.63, 3.8) is 0 Å². The molecule has 2 fully saturated rings. The number of carbonyl (C=O) groups is 2. The number of carbonyl (C=O) groups excluding carboxylic acids is 2. The van der Waals surface area contributed by atoms with Crippen molar-refractivity contribution in [2.24, 2.45) is 28.6 Å². The maximum atomic E-state index is 12.3. The Hall–Kier alpha value is -2.47. The van der Waals surface area contributed by atoms with Gasteiger partial charge in [0, 0.05) is 18.8 Å². The van der Waals surface area contributed by atoms with Crippen molar-refractivity contribution in [3.8, 4) is 0 Å². The average molecular weight is 478 g/mol. The molecule has 0 saturated heterocycles. The number of rotatable bonds is 6. The van der Waals surface area contributed by atoms with Crippen LogP contribution in [0.5, 0.6) is 0 Å². The van der Waals surface area contributed by atoms with E-state index < -0.39 is 0 Å². The molecule has 0 unspecified atom stereocenters. The molecule has 1 aromatic rings. The molecule has 1 aromatic heterocycles. The summed E-state index contributed by atoms with van der Waals surface area (Å²) in [5.41, 5.74) is 4.72. The standard InChI is InChI=1S/C29H39N3O3/c1-28-12-10-21(35-27(34)18-32-26(33)17-30-3)15-20(28)6-7-22-24-9-8-23(19-5-4-14-31-16-19)29(24,2)13-11-25(22)28/h4-6,8,14,16,21-22,24-25,30H,7,9-13,15,17-18H2,1-3H3,(H,32,33)/t21-,22-,24-,25-,28-,29+/m0/s1. The van der Waals surface area contributed by atoms with Crippen LogP contribution in [0.1, 0.15) is 64.4 Å². The van der Waals surface area contributed by atoms with Gasteiger partial charge in [0.2, 0.25) is 5.91 Å². The molecule has 5 rings (SSSR count). The van der Waals surface area contributed by atoms with Gasteiger partial charge in [0.1, 0.15) is 12.6 Å². The molecule has 35 heavy (non-hydrogen) atoms. The van der Waals surface area contributed by atoms with E-state index in [9.17, 15) is 9.59 Å². The lowest BCUT2D eigenvalue weighted by atomic mass is 9.47. The number of ether oxygens (including phenoxy) is 1. The highest BCUT2D eigenvalue weighted by molar-refractivity contribution is 5.83. The molecule has 0 aromatic carbocycles. The molecule has 0 aliphatic heterocycles. The molecule has 0 radical (unpaired) electrons. The van der Waals surface area contributed by atoms with Crippen LogP contribution in [0.2, 0.25) is 0 Å². The Morgan fingerprint density at radius 3 is 2.69 bits per heavy atom. The van der Waals surface area contributed by atoms with Gasteiger partial charge in [-0.05, 0) is 91.4 Å².